The Labute approximate surface area is 210 Å². The van der Waals surface area contributed by atoms with Gasteiger partial charge in [-0.15, -0.1) is 0 Å². The van der Waals surface area contributed by atoms with Gasteiger partial charge in [0.2, 0.25) is 0 Å². The summed E-state index contributed by atoms with van der Waals surface area (Å²) in [6.45, 7) is 0. The minimum Gasteiger partial charge on any atom is -0.696 e. The molecule has 20 heavy (non-hydrogen) atoms. The van der Waals surface area contributed by atoms with E-state index in [0.717, 1.165) is 0 Å². The average molecular weight is 578 g/mol. The molecular weight excluding hydrogens is 578 g/mol. The molecule has 1 radical (unpaired) electrons. The van der Waals surface area contributed by atoms with E-state index >= 15 is 0 Å². The second-order valence-electron chi connectivity index (χ2n) is 0.548. The van der Waals surface area contributed by atoms with E-state index in [2.05, 4.69) is 75.8 Å². The van der Waals surface area contributed by atoms with Crippen LogP contribution < -0.4 is 0 Å². The van der Waals surface area contributed by atoms with Gasteiger partial charge in [-0.1, -0.05) is 32.4 Å². The first-order valence-electron chi connectivity index (χ1n) is 2.57. The molecule has 0 rings (SSSR count). The molecule has 0 aromatic heterocycles. The van der Waals surface area contributed by atoms with Gasteiger partial charge in [0.1, 0.15) is 0 Å². The Morgan fingerprint density at radius 2 is 0.400 bits per heavy atom. The van der Waals surface area contributed by atoms with E-state index < -0.39 is 0 Å². The fraction of sp³-hybridized carbons (Fsp3) is 0. The quantitative estimate of drug-likeness (QED) is 0.284. The van der Waals surface area contributed by atoms with Crippen LogP contribution in [0.5, 0.6) is 0 Å². The first-order chi connectivity index (χ1) is 8.49. The molecule has 0 aliphatic rings. The summed E-state index contributed by atoms with van der Waals surface area (Å²) in [5.41, 5.74) is 0. The van der Waals surface area contributed by atoms with Crippen molar-refractivity contribution in [2.24, 2.45) is 0 Å². The molecule has 0 aromatic carbocycles. The van der Waals surface area contributed by atoms with E-state index in [1.54, 1.807) is 0 Å². The van der Waals surface area contributed by atoms with E-state index in [0.29, 0.717) is 0 Å². The molecule has 0 heterocycles. The largest absolute Gasteiger partial charge is 3.00 e. The van der Waals surface area contributed by atoms with E-state index in [1.807, 2.05) is 0 Å². The standard InChI is InChI=1S/6CHNS.Ce.Y/c6*2-1-3;;/h6*3H;;/q;;;;;;2*+3/p-6. The third kappa shape index (κ3) is 10800. The number of rotatable bonds is 0. The van der Waals surface area contributed by atoms with Gasteiger partial charge in [0.15, 0.2) is 0 Å². The van der Waals surface area contributed by atoms with Crippen LogP contribution in [0.3, 0.4) is 0 Å². The summed E-state index contributed by atoms with van der Waals surface area (Å²) in [5, 5.41) is 50.8. The molecule has 6 nitrogen and oxygen atoms in total. The molecule has 0 amide bonds. The molecular formula is C6CeN6S6Y. The average Bonchev–Trinajstić information content (AvgIpc) is 2.23. The van der Waals surface area contributed by atoms with Crippen molar-refractivity contribution in [2.75, 3.05) is 0 Å². The van der Waals surface area contributed by atoms with Crippen molar-refractivity contribution in [1.82, 2.24) is 0 Å². The van der Waals surface area contributed by atoms with Gasteiger partial charge in [-0.25, -0.2) is 31.6 Å². The summed E-state index contributed by atoms with van der Waals surface area (Å²) < 4.78 is 0. The van der Waals surface area contributed by atoms with Crippen LogP contribution >= 0.6 is 0 Å². The molecule has 0 aliphatic heterocycles. The van der Waals surface area contributed by atoms with Gasteiger partial charge < -0.3 is 75.8 Å². The van der Waals surface area contributed by atoms with E-state index in [1.165, 1.54) is 32.4 Å². The van der Waals surface area contributed by atoms with Gasteiger partial charge in [0, 0.05) is 0 Å². The van der Waals surface area contributed by atoms with Gasteiger partial charge in [-0.3, -0.25) is 0 Å². The van der Waals surface area contributed by atoms with Crippen molar-refractivity contribution in [1.29, 1.82) is 31.6 Å². The first kappa shape index (κ1) is 49.8. The second kappa shape index (κ2) is 153. The predicted octanol–water partition coefficient (Wildman–Crippen LogP) is 0.0838. The summed E-state index contributed by atoms with van der Waals surface area (Å²) >= 11 is 22.2. The summed E-state index contributed by atoms with van der Waals surface area (Å²) in [6, 6.07) is 0. The zero-order chi connectivity index (χ0) is 16.2. The molecule has 14 heteroatoms. The van der Waals surface area contributed by atoms with Crippen LogP contribution in [0.15, 0.2) is 0 Å². The summed E-state index contributed by atoms with van der Waals surface area (Å²) in [4.78, 5) is 0. The Morgan fingerprint density at radius 3 is 0.400 bits per heavy atom. The molecule has 0 saturated heterocycles. The number of nitriles is 6. The normalized spacial score (nSPS) is 2.10. The molecule has 0 aromatic rings. The van der Waals surface area contributed by atoms with Crippen molar-refractivity contribution < 1.29 is 74.5 Å². The number of hydrogen-bond donors (Lipinski definition) is 0. The summed E-state index contributed by atoms with van der Waals surface area (Å²) in [7, 11) is 0. The van der Waals surface area contributed by atoms with Crippen LogP contribution in [0.2, 0.25) is 0 Å². The van der Waals surface area contributed by atoms with Crippen LogP contribution in [-0.2, 0) is 108 Å². The Morgan fingerprint density at radius 1 is 0.400 bits per heavy atom. The first-order valence-corrected chi connectivity index (χ1v) is 5.02. The summed E-state index contributed by atoms with van der Waals surface area (Å²) in [6.07, 6.45) is 0. The molecule has 0 N–H and O–H groups in total. The fourth-order valence-electron chi connectivity index (χ4n) is 0. The number of thiocyanates is 6. The fourth-order valence-corrected chi connectivity index (χ4v) is 0. The van der Waals surface area contributed by atoms with E-state index in [9.17, 15) is 0 Å². The van der Waals surface area contributed by atoms with Gasteiger partial charge in [0.05, 0.1) is 0 Å². The molecule has 0 unspecified atom stereocenters. The Balaban J connectivity index is -0.0000000141. The van der Waals surface area contributed by atoms with E-state index in [-0.39, 0.29) is 74.5 Å². The van der Waals surface area contributed by atoms with Crippen molar-refractivity contribution in [2.45, 2.75) is 0 Å². The number of hydrogen-bond acceptors (Lipinski definition) is 12. The van der Waals surface area contributed by atoms with Crippen LogP contribution in [0.25, 0.3) is 0 Å². The predicted molar refractivity (Wildman–Crippen MR) is 77.9 cm³/mol. The van der Waals surface area contributed by atoms with Crippen molar-refractivity contribution in [3.8, 4) is 32.4 Å². The molecule has 0 saturated carbocycles. The molecule has 0 fully saturated rings. The maximum absolute atomic E-state index is 7.13. The van der Waals surface area contributed by atoms with Crippen LogP contribution in [0, 0.1) is 106 Å². The maximum atomic E-state index is 7.13. The maximum Gasteiger partial charge on any atom is 3.00 e. The van der Waals surface area contributed by atoms with Crippen molar-refractivity contribution in [3.63, 3.8) is 0 Å². The smallest absolute Gasteiger partial charge is 0.696 e. The molecule has 0 spiro atoms. The topological polar surface area (TPSA) is 143 Å². The molecule has 0 aliphatic carbocycles. The van der Waals surface area contributed by atoms with Crippen molar-refractivity contribution in [3.05, 3.63) is 0 Å². The monoisotopic (exact) mass is 577 g/mol. The molecule has 97 valence electrons. The van der Waals surface area contributed by atoms with Gasteiger partial charge in [-0.2, -0.15) is 0 Å². The molecule has 0 bridgehead atoms. The van der Waals surface area contributed by atoms with Gasteiger partial charge in [-0.05, 0) is 0 Å². The van der Waals surface area contributed by atoms with Crippen LogP contribution in [-0.4, -0.2) is 0 Å². The van der Waals surface area contributed by atoms with Gasteiger partial charge in [0.25, 0.3) is 0 Å². The minimum atomic E-state index is 0. The zero-order valence-electron chi connectivity index (χ0n) is 9.21. The SMILES string of the molecule is N#C[S-].N#C[S-].N#C[S-].N#C[S-].N#C[S-].N#C[S-].[Ce+3].[Y+3]. The Kier molecular flexibility index (Phi) is 380. The Hall–Kier alpha value is 0.741. The molecule has 0 atom stereocenters. The van der Waals surface area contributed by atoms with Crippen LogP contribution in [0.4, 0.5) is 0 Å². The zero-order valence-corrected chi connectivity index (χ0v) is 20.1. The van der Waals surface area contributed by atoms with Crippen LogP contribution in [0.1, 0.15) is 0 Å². The summed E-state index contributed by atoms with van der Waals surface area (Å²) in [5.74, 6) is 0. The van der Waals surface area contributed by atoms with Gasteiger partial charge >= 0.3 is 74.5 Å². The van der Waals surface area contributed by atoms with E-state index in [4.69, 9.17) is 31.6 Å². The number of nitrogens with zero attached hydrogens (tertiary/aromatic N) is 6. The Bertz CT molecular complexity index is 262. The second-order valence-corrected chi connectivity index (χ2v) is 1.64. The third-order valence-corrected chi connectivity index (χ3v) is 0. The third-order valence-electron chi connectivity index (χ3n) is 0. The van der Waals surface area contributed by atoms with Crippen molar-refractivity contribution >= 4 is 75.8 Å². The minimum absolute atomic E-state index is 0.